The van der Waals surface area contributed by atoms with Gasteiger partial charge >= 0.3 is 0 Å². The van der Waals surface area contributed by atoms with Crippen molar-refractivity contribution in [3.8, 4) is 11.5 Å². The second-order valence-corrected chi connectivity index (χ2v) is 7.27. The molecule has 1 heterocycles. The number of aromatic nitrogens is 1. The van der Waals surface area contributed by atoms with E-state index in [1.54, 1.807) is 36.4 Å². The number of fused-ring (bicyclic) bond motifs is 1. The van der Waals surface area contributed by atoms with E-state index in [9.17, 15) is 14.9 Å². The third kappa shape index (κ3) is 4.62. The summed E-state index contributed by atoms with van der Waals surface area (Å²) in [6.45, 7) is 1.87. The van der Waals surface area contributed by atoms with Crippen molar-refractivity contribution >= 4 is 46.1 Å². The van der Waals surface area contributed by atoms with Crippen LogP contribution in [0, 0.1) is 17.0 Å². The molecule has 0 saturated heterocycles. The van der Waals surface area contributed by atoms with E-state index in [0.717, 1.165) is 5.56 Å². The molecule has 0 aliphatic rings. The maximum absolute atomic E-state index is 12.4. The van der Waals surface area contributed by atoms with Gasteiger partial charge in [0.25, 0.3) is 5.69 Å². The van der Waals surface area contributed by atoms with Crippen LogP contribution in [0.2, 0.25) is 5.02 Å². The number of halogens is 1. The van der Waals surface area contributed by atoms with E-state index >= 15 is 0 Å². The van der Waals surface area contributed by atoms with Gasteiger partial charge in [0.2, 0.25) is 11.8 Å². The summed E-state index contributed by atoms with van der Waals surface area (Å²) < 4.78 is 5.79. The van der Waals surface area contributed by atoms with Crippen molar-refractivity contribution in [2.75, 3.05) is 5.32 Å². The van der Waals surface area contributed by atoms with Gasteiger partial charge in [0.15, 0.2) is 5.58 Å². The van der Waals surface area contributed by atoms with Crippen molar-refractivity contribution in [2.24, 2.45) is 0 Å². The fourth-order valence-electron chi connectivity index (χ4n) is 3.00. The fraction of sp³-hybridized carbons (Fsp3) is 0.0435. The zero-order valence-corrected chi connectivity index (χ0v) is 17.1. The Balaban J connectivity index is 1.55. The Bertz CT molecular complexity index is 1340. The first kappa shape index (κ1) is 20.3. The lowest BCUT2D eigenvalue weighted by atomic mass is 10.1. The summed E-state index contributed by atoms with van der Waals surface area (Å²) in [7, 11) is 0. The average molecular weight is 434 g/mol. The normalized spacial score (nSPS) is 11.2. The van der Waals surface area contributed by atoms with Crippen LogP contribution in [0.5, 0.6) is 0 Å². The summed E-state index contributed by atoms with van der Waals surface area (Å²) in [4.78, 5) is 27.3. The highest BCUT2D eigenvalue weighted by Crippen LogP contribution is 2.29. The summed E-state index contributed by atoms with van der Waals surface area (Å²) in [6.07, 6.45) is 2.85. The first-order valence-electron chi connectivity index (χ1n) is 9.30. The molecule has 0 fully saturated rings. The highest BCUT2D eigenvalue weighted by Gasteiger charge is 2.11. The first-order valence-corrected chi connectivity index (χ1v) is 9.67. The Hall–Kier alpha value is -3.97. The number of aryl methyl sites for hydroxylation is 1. The van der Waals surface area contributed by atoms with Gasteiger partial charge in [-0.1, -0.05) is 29.8 Å². The van der Waals surface area contributed by atoms with Crippen molar-refractivity contribution in [3.63, 3.8) is 0 Å². The predicted molar refractivity (Wildman–Crippen MR) is 120 cm³/mol. The molecule has 0 radical (unpaired) electrons. The smallest absolute Gasteiger partial charge is 0.270 e. The largest absolute Gasteiger partial charge is 0.436 e. The number of anilines is 1. The molecule has 0 aliphatic carbocycles. The van der Waals surface area contributed by atoms with Crippen molar-refractivity contribution in [1.82, 2.24) is 4.98 Å². The number of carbonyl (C=O) groups is 1. The monoisotopic (exact) mass is 433 g/mol. The third-order valence-corrected chi connectivity index (χ3v) is 4.84. The molecule has 1 N–H and O–H groups in total. The molecule has 8 heteroatoms. The topological polar surface area (TPSA) is 98.3 Å². The van der Waals surface area contributed by atoms with E-state index in [1.165, 1.54) is 24.3 Å². The lowest BCUT2D eigenvalue weighted by Crippen LogP contribution is -2.09. The number of nitro benzene ring substituents is 1. The SMILES string of the molecule is Cc1ccc(-c2nc3cc(Cl)ccc3o2)cc1NC(=O)/C=C/c1cccc([N+](=O)[O-])c1. The number of nitrogens with one attached hydrogen (secondary N) is 1. The molecule has 154 valence electrons. The van der Waals surface area contributed by atoms with Crippen LogP contribution in [0.25, 0.3) is 28.6 Å². The van der Waals surface area contributed by atoms with Crippen LogP contribution in [0.4, 0.5) is 11.4 Å². The van der Waals surface area contributed by atoms with Gasteiger partial charge in [-0.15, -0.1) is 0 Å². The van der Waals surface area contributed by atoms with Crippen molar-refractivity contribution in [3.05, 3.63) is 93.0 Å². The van der Waals surface area contributed by atoms with Crippen molar-refractivity contribution < 1.29 is 14.1 Å². The van der Waals surface area contributed by atoms with Crippen molar-refractivity contribution in [1.29, 1.82) is 0 Å². The number of hydrogen-bond acceptors (Lipinski definition) is 5. The molecule has 0 saturated carbocycles. The first-order chi connectivity index (χ1) is 14.9. The highest BCUT2D eigenvalue weighted by molar-refractivity contribution is 6.31. The van der Waals surface area contributed by atoms with Gasteiger partial charge < -0.3 is 9.73 Å². The molecule has 7 nitrogen and oxygen atoms in total. The number of rotatable bonds is 5. The zero-order chi connectivity index (χ0) is 22.0. The maximum Gasteiger partial charge on any atom is 0.270 e. The summed E-state index contributed by atoms with van der Waals surface area (Å²) in [5.74, 6) is 0.0519. The quantitative estimate of drug-likeness (QED) is 0.236. The van der Waals surface area contributed by atoms with Gasteiger partial charge in [0, 0.05) is 34.5 Å². The van der Waals surface area contributed by atoms with E-state index in [-0.39, 0.29) is 11.6 Å². The third-order valence-electron chi connectivity index (χ3n) is 4.60. The number of nitro groups is 1. The van der Waals surface area contributed by atoms with Crippen molar-refractivity contribution in [2.45, 2.75) is 6.92 Å². The Kier molecular flexibility index (Phi) is 5.51. The van der Waals surface area contributed by atoms with Crippen LogP contribution >= 0.6 is 11.6 Å². The van der Waals surface area contributed by atoms with E-state index < -0.39 is 4.92 Å². The van der Waals surface area contributed by atoms with Crippen LogP contribution in [0.15, 0.2) is 71.2 Å². The number of oxazole rings is 1. The summed E-state index contributed by atoms with van der Waals surface area (Å²) >= 11 is 6.01. The zero-order valence-electron chi connectivity index (χ0n) is 16.3. The molecular formula is C23H16ClN3O4. The number of nitrogens with zero attached hydrogens (tertiary/aromatic N) is 2. The molecule has 0 atom stereocenters. The van der Waals surface area contributed by atoms with Gasteiger partial charge in [-0.05, 0) is 54.5 Å². The van der Waals surface area contributed by atoms with Gasteiger partial charge in [-0.25, -0.2) is 4.98 Å². The van der Waals surface area contributed by atoms with E-state index in [1.807, 2.05) is 19.1 Å². The molecule has 0 bridgehead atoms. The van der Waals surface area contributed by atoms with Gasteiger partial charge in [0.1, 0.15) is 5.52 Å². The molecule has 3 aromatic carbocycles. The molecule has 1 amide bonds. The van der Waals surface area contributed by atoms with Crippen LogP contribution < -0.4 is 5.32 Å². The van der Waals surface area contributed by atoms with Gasteiger partial charge in [0.05, 0.1) is 4.92 Å². The fourth-order valence-corrected chi connectivity index (χ4v) is 3.17. The molecule has 0 spiro atoms. The van der Waals surface area contributed by atoms with E-state index in [2.05, 4.69) is 10.3 Å². The second kappa shape index (κ2) is 8.41. The van der Waals surface area contributed by atoms with Crippen LogP contribution in [0.3, 0.4) is 0 Å². The maximum atomic E-state index is 12.4. The second-order valence-electron chi connectivity index (χ2n) is 6.84. The molecule has 1 aromatic heterocycles. The summed E-state index contributed by atoms with van der Waals surface area (Å²) in [6, 6.07) is 16.7. The van der Waals surface area contributed by atoms with Gasteiger partial charge in [-0.2, -0.15) is 0 Å². The lowest BCUT2D eigenvalue weighted by molar-refractivity contribution is -0.384. The number of hydrogen-bond donors (Lipinski definition) is 1. The molecule has 0 unspecified atom stereocenters. The van der Waals surface area contributed by atoms with Crippen LogP contribution in [-0.2, 0) is 4.79 Å². The van der Waals surface area contributed by atoms with Gasteiger partial charge in [-0.3, -0.25) is 14.9 Å². The minimum absolute atomic E-state index is 0.0364. The van der Waals surface area contributed by atoms with Crippen LogP contribution in [0.1, 0.15) is 11.1 Å². The Morgan fingerprint density at radius 1 is 1.16 bits per heavy atom. The summed E-state index contributed by atoms with van der Waals surface area (Å²) in [5.41, 5.74) is 3.95. The average Bonchev–Trinajstić information content (AvgIpc) is 3.17. The molecule has 0 aliphatic heterocycles. The lowest BCUT2D eigenvalue weighted by Gasteiger charge is -2.08. The van der Waals surface area contributed by atoms with E-state index in [4.69, 9.17) is 16.0 Å². The highest BCUT2D eigenvalue weighted by atomic mass is 35.5. The number of benzene rings is 3. The Labute approximate surface area is 182 Å². The molecule has 4 rings (SSSR count). The molecular weight excluding hydrogens is 418 g/mol. The van der Waals surface area contributed by atoms with E-state index in [0.29, 0.717) is 38.8 Å². The number of non-ortho nitro benzene ring substituents is 1. The molecule has 31 heavy (non-hydrogen) atoms. The minimum atomic E-state index is -0.480. The Morgan fingerprint density at radius 2 is 2.00 bits per heavy atom. The molecule has 4 aromatic rings. The minimum Gasteiger partial charge on any atom is -0.436 e. The standard InChI is InChI=1S/C23H16ClN3O4/c1-14-5-7-16(23-26-20-13-17(24)8-9-21(20)31-23)12-19(14)25-22(28)10-6-15-3-2-4-18(11-15)27(29)30/h2-13H,1H3,(H,25,28)/b10-6+. The van der Waals surface area contributed by atoms with Crippen LogP contribution in [-0.4, -0.2) is 15.8 Å². The number of carbonyl (C=O) groups excluding carboxylic acids is 1. The number of amides is 1. The predicted octanol–water partition coefficient (Wildman–Crippen LogP) is 6.02. The summed E-state index contributed by atoms with van der Waals surface area (Å²) in [5, 5.41) is 14.3. The Morgan fingerprint density at radius 3 is 2.81 bits per heavy atom.